The lowest BCUT2D eigenvalue weighted by Crippen LogP contribution is -2.60. The van der Waals surface area contributed by atoms with Crippen LogP contribution in [0.3, 0.4) is 0 Å². The fourth-order valence-corrected chi connectivity index (χ4v) is 7.52. The second-order valence-electron chi connectivity index (χ2n) is 13.8. The van der Waals surface area contributed by atoms with E-state index in [1.807, 2.05) is 113 Å². The lowest BCUT2D eigenvalue weighted by molar-refractivity contribution is -0.518. The fourth-order valence-electron chi connectivity index (χ4n) is 7.52. The van der Waals surface area contributed by atoms with Crippen molar-refractivity contribution in [3.8, 4) is 0 Å². The van der Waals surface area contributed by atoms with Gasteiger partial charge in [-0.3, -0.25) is 8.97 Å². The number of hydrogen-bond donors (Lipinski definition) is 2. The number of nitrogens with one attached hydrogen (secondary N) is 2. The van der Waals surface area contributed by atoms with E-state index in [9.17, 15) is 0 Å². The summed E-state index contributed by atoms with van der Waals surface area (Å²) in [6, 6.07) is 24.5. The van der Waals surface area contributed by atoms with E-state index in [0.717, 1.165) is 56.2 Å². The Bertz CT molecular complexity index is 1980. The number of nitrogens with zero attached hydrogens (tertiary/aromatic N) is 2. The summed E-state index contributed by atoms with van der Waals surface area (Å²) in [5.74, 6) is 0. The highest BCUT2D eigenvalue weighted by atomic mass is 19.2. The van der Waals surface area contributed by atoms with E-state index in [2.05, 4.69) is 35.9 Å². The van der Waals surface area contributed by atoms with Gasteiger partial charge in [0.1, 0.15) is 5.41 Å². The number of aromatic amines is 2. The van der Waals surface area contributed by atoms with E-state index in [0.29, 0.717) is 22.8 Å². The van der Waals surface area contributed by atoms with Gasteiger partial charge in [0.05, 0.1) is 22.5 Å². The number of rotatable bonds is 2. The maximum Gasteiger partial charge on any atom is 0.924 e. The minimum Gasteiger partial charge on any atom is -0.357 e. The molecule has 7 heteroatoms. The van der Waals surface area contributed by atoms with Gasteiger partial charge in [0, 0.05) is 41.1 Å². The highest BCUT2D eigenvalue weighted by Crippen LogP contribution is 2.45. The Kier molecular flexibility index (Phi) is 5.63. The Morgan fingerprint density at radius 3 is 1.33 bits per heavy atom. The molecule has 2 aromatic carbocycles. The molecule has 4 nitrogen and oxygen atoms in total. The molecule has 8 rings (SSSR count). The summed E-state index contributed by atoms with van der Waals surface area (Å²) in [6.07, 6.45) is 7.55. The molecule has 0 fully saturated rings. The molecular formula is C38H36BF2N4+. The molecule has 0 spiro atoms. The van der Waals surface area contributed by atoms with Gasteiger partial charge in [0.15, 0.2) is 22.8 Å². The maximum absolute atomic E-state index is 17.6. The van der Waals surface area contributed by atoms with Crippen molar-refractivity contribution in [2.45, 2.75) is 47.0 Å². The van der Waals surface area contributed by atoms with Gasteiger partial charge in [-0.1, -0.05) is 59.7 Å². The lowest BCUT2D eigenvalue weighted by atomic mass is 9.75. The minimum absolute atomic E-state index is 0.412. The lowest BCUT2D eigenvalue weighted by Gasteiger charge is -2.32. The number of allylic oxidation sites excluding steroid dienone is 4. The smallest absolute Gasteiger partial charge is 0.357 e. The molecule has 6 heterocycles. The van der Waals surface area contributed by atoms with Crippen molar-refractivity contribution in [1.82, 2.24) is 9.97 Å². The van der Waals surface area contributed by atoms with Gasteiger partial charge in [-0.05, 0) is 76.9 Å². The summed E-state index contributed by atoms with van der Waals surface area (Å²) < 4.78 is 37.9. The third-order valence-electron chi connectivity index (χ3n) is 10.2. The largest absolute Gasteiger partial charge is 0.924 e. The van der Waals surface area contributed by atoms with E-state index in [1.54, 1.807) is 0 Å². The van der Waals surface area contributed by atoms with Crippen LogP contribution in [0.4, 0.5) is 8.63 Å². The summed E-state index contributed by atoms with van der Waals surface area (Å²) in [5, 5.41) is 0. The molecule has 0 aliphatic carbocycles. The quantitative estimate of drug-likeness (QED) is 0.218. The summed E-state index contributed by atoms with van der Waals surface area (Å²) in [4.78, 5) is 7.35. The van der Waals surface area contributed by atoms with E-state index < -0.39 is 17.8 Å². The minimum atomic E-state index is -4.31. The normalized spacial score (nSPS) is 23.6. The molecule has 4 aromatic rings. The first-order valence-corrected chi connectivity index (χ1v) is 15.6. The maximum atomic E-state index is 17.6. The summed E-state index contributed by atoms with van der Waals surface area (Å²) in [5.41, 5.74) is 10.2. The number of aromatic nitrogens is 2. The fraction of sp³-hybridized carbons (Fsp3) is 0.211. The van der Waals surface area contributed by atoms with Crippen molar-refractivity contribution < 1.29 is 17.6 Å². The van der Waals surface area contributed by atoms with E-state index in [4.69, 9.17) is 0 Å². The van der Waals surface area contributed by atoms with Crippen LogP contribution in [0, 0.1) is 19.3 Å². The van der Waals surface area contributed by atoms with Crippen LogP contribution in [0.5, 0.6) is 0 Å². The predicted octanol–water partition coefficient (Wildman–Crippen LogP) is 8.28. The number of H-pyrrole nitrogens is 2. The standard InChI is InChI=1S/C38H36BF2N4/c1-23-7-11-25(12-8-23)35-27-15-19-31(42-27)37(3,4)32-20-16-28(43-32)36(26-13-9-24(2)10-14-26)30-18-22-34-38(5,6)33-21-17-29(35)44(33)39(40,41)45(30)34/h7-22,42-43H,1-6H3/q+1/b35-29-,36-30+. The summed E-state index contributed by atoms with van der Waals surface area (Å²) in [7, 11) is 0. The molecule has 6 bridgehead atoms. The van der Waals surface area contributed by atoms with Crippen LogP contribution in [0.1, 0.15) is 72.7 Å². The average Bonchev–Trinajstić information content (AvgIpc) is 3.81. The number of aryl methyl sites for hydroxylation is 2. The molecule has 0 saturated carbocycles. The molecule has 0 radical (unpaired) electrons. The molecule has 4 aliphatic rings. The van der Waals surface area contributed by atoms with Crippen LogP contribution < -0.4 is 0 Å². The van der Waals surface area contributed by atoms with Gasteiger partial charge in [-0.15, -0.1) is 0 Å². The zero-order valence-electron chi connectivity index (χ0n) is 26.5. The van der Waals surface area contributed by atoms with Crippen LogP contribution in [0.2, 0.25) is 0 Å². The van der Waals surface area contributed by atoms with Crippen LogP contribution >= 0.6 is 0 Å². The first-order valence-electron chi connectivity index (χ1n) is 15.6. The first-order chi connectivity index (χ1) is 21.4. The molecule has 45 heavy (non-hydrogen) atoms. The summed E-state index contributed by atoms with van der Waals surface area (Å²) >= 11 is 0. The van der Waals surface area contributed by atoms with Crippen LogP contribution in [-0.4, -0.2) is 37.3 Å². The van der Waals surface area contributed by atoms with Crippen LogP contribution in [0.15, 0.2) is 108 Å². The van der Waals surface area contributed by atoms with Gasteiger partial charge in [0.2, 0.25) is 0 Å². The number of halogens is 2. The first kappa shape index (κ1) is 27.8. The molecule has 224 valence electrons. The van der Waals surface area contributed by atoms with E-state index >= 15 is 8.63 Å². The highest BCUT2D eigenvalue weighted by molar-refractivity contribution is 6.53. The third-order valence-corrected chi connectivity index (χ3v) is 10.2. The van der Waals surface area contributed by atoms with Crippen LogP contribution in [-0.2, 0) is 5.41 Å². The van der Waals surface area contributed by atoms with Crippen molar-refractivity contribution in [2.24, 2.45) is 5.41 Å². The molecule has 0 atom stereocenters. The molecule has 0 saturated heterocycles. The van der Waals surface area contributed by atoms with Gasteiger partial charge in [-0.25, -0.2) is 0 Å². The zero-order valence-corrected chi connectivity index (χ0v) is 26.5. The van der Waals surface area contributed by atoms with Gasteiger partial charge in [0.25, 0.3) is 0 Å². The average molecular weight is 598 g/mol. The molecule has 2 N–H and O–H groups in total. The molecule has 2 aromatic heterocycles. The van der Waals surface area contributed by atoms with Crippen molar-refractivity contribution in [2.75, 3.05) is 0 Å². The summed E-state index contributed by atoms with van der Waals surface area (Å²) in [6.45, 7) is 8.24. The number of benzene rings is 2. The second kappa shape index (κ2) is 9.13. The molecule has 0 amide bonds. The van der Waals surface area contributed by atoms with Crippen molar-refractivity contribution in [3.63, 3.8) is 0 Å². The zero-order chi connectivity index (χ0) is 31.5. The van der Waals surface area contributed by atoms with E-state index in [-0.39, 0.29) is 0 Å². The third kappa shape index (κ3) is 3.82. The van der Waals surface area contributed by atoms with Gasteiger partial charge >= 0.3 is 6.97 Å². The Balaban J connectivity index is 1.52. The van der Waals surface area contributed by atoms with Crippen molar-refractivity contribution in [3.05, 3.63) is 154 Å². The Hall–Kier alpha value is -4.78. The van der Waals surface area contributed by atoms with E-state index in [1.165, 1.54) is 8.97 Å². The van der Waals surface area contributed by atoms with Gasteiger partial charge in [-0.2, -0.15) is 0 Å². The Morgan fingerprint density at radius 2 is 0.933 bits per heavy atom. The second-order valence-corrected chi connectivity index (χ2v) is 13.8. The number of hydrogen-bond acceptors (Lipinski definition) is 0. The van der Waals surface area contributed by atoms with Crippen LogP contribution in [0.25, 0.3) is 11.1 Å². The Morgan fingerprint density at radius 1 is 0.533 bits per heavy atom. The molecule has 0 unspecified atom stereocenters. The van der Waals surface area contributed by atoms with Gasteiger partial charge < -0.3 is 18.6 Å². The van der Waals surface area contributed by atoms with Crippen molar-refractivity contribution in [1.29, 1.82) is 0 Å². The topological polar surface area (TPSA) is 37.6 Å². The monoisotopic (exact) mass is 597 g/mol. The Labute approximate surface area is 262 Å². The molecule has 4 aliphatic heterocycles. The number of fused-ring (bicyclic) bond motifs is 4. The SMILES string of the molecule is Cc1ccc(/C2=C3\C=CC4=[N+]3[B-](F)(F)[N+]3=C(C=C/C3=C(/c3ccc(C)cc3)c3ccc([nH]3)C(C)(C)c3ccc2[nH]3)C4(C)C)cc1. The molecular weight excluding hydrogens is 561 g/mol. The highest BCUT2D eigenvalue weighted by Gasteiger charge is 2.69. The predicted molar refractivity (Wildman–Crippen MR) is 179 cm³/mol. The van der Waals surface area contributed by atoms with Crippen molar-refractivity contribution >= 4 is 29.5 Å².